The number of carbonyl (C=O) groups excluding carboxylic acids is 2. The number of ether oxygens (including phenoxy) is 1. The highest BCUT2D eigenvalue weighted by molar-refractivity contribution is 5.94. The maximum Gasteiger partial charge on any atom is 0.307 e. The van der Waals surface area contributed by atoms with E-state index >= 15 is 0 Å². The minimum Gasteiger partial charge on any atom is -0.466 e. The van der Waals surface area contributed by atoms with Gasteiger partial charge in [-0.05, 0) is 39.6 Å². The standard InChI is InChI=1S/C19H28N4O3/c1-5-11-22(13-10-17(24)26-6-2)19(25)18-15(14-21(3)4)23-12-8-7-9-16(23)20-18/h7-9,12H,5-6,10-11,13-14H2,1-4H3. The first kappa shape index (κ1) is 19.9. The average Bonchev–Trinajstić information content (AvgIpc) is 2.96. The van der Waals surface area contributed by atoms with Crippen LogP contribution in [0.1, 0.15) is 42.9 Å². The summed E-state index contributed by atoms with van der Waals surface area (Å²) in [6, 6.07) is 5.71. The van der Waals surface area contributed by atoms with Crippen molar-refractivity contribution in [3.05, 3.63) is 35.8 Å². The molecule has 142 valence electrons. The van der Waals surface area contributed by atoms with Crippen LogP contribution in [0, 0.1) is 0 Å². The molecule has 0 atom stereocenters. The van der Waals surface area contributed by atoms with Crippen molar-refractivity contribution < 1.29 is 14.3 Å². The van der Waals surface area contributed by atoms with Gasteiger partial charge in [0.1, 0.15) is 5.65 Å². The number of fused-ring (bicyclic) bond motifs is 1. The van der Waals surface area contributed by atoms with Gasteiger partial charge in [0.25, 0.3) is 5.91 Å². The first-order valence-corrected chi connectivity index (χ1v) is 9.03. The number of pyridine rings is 1. The quantitative estimate of drug-likeness (QED) is 0.642. The highest BCUT2D eigenvalue weighted by Gasteiger charge is 2.24. The number of hydrogen-bond acceptors (Lipinski definition) is 5. The molecule has 2 aromatic rings. The van der Waals surface area contributed by atoms with E-state index in [9.17, 15) is 9.59 Å². The molecule has 26 heavy (non-hydrogen) atoms. The number of imidazole rings is 1. The first-order chi connectivity index (χ1) is 12.5. The van der Waals surface area contributed by atoms with E-state index in [0.29, 0.717) is 31.9 Å². The van der Waals surface area contributed by atoms with Gasteiger partial charge in [0.05, 0.1) is 18.7 Å². The Bertz CT molecular complexity index is 754. The predicted molar refractivity (Wildman–Crippen MR) is 100 cm³/mol. The Kier molecular flexibility index (Phi) is 7.15. The first-order valence-electron chi connectivity index (χ1n) is 9.03. The molecule has 2 heterocycles. The summed E-state index contributed by atoms with van der Waals surface area (Å²) in [6.07, 6.45) is 2.92. The Morgan fingerprint density at radius 1 is 1.19 bits per heavy atom. The molecule has 1 amide bonds. The third kappa shape index (κ3) is 4.82. The highest BCUT2D eigenvalue weighted by Crippen LogP contribution is 2.17. The number of nitrogens with zero attached hydrogens (tertiary/aromatic N) is 4. The molecule has 0 radical (unpaired) electrons. The lowest BCUT2D eigenvalue weighted by molar-refractivity contribution is -0.143. The van der Waals surface area contributed by atoms with Crippen LogP contribution in [0.5, 0.6) is 0 Å². The second-order valence-corrected chi connectivity index (χ2v) is 6.42. The maximum absolute atomic E-state index is 13.2. The second-order valence-electron chi connectivity index (χ2n) is 6.42. The highest BCUT2D eigenvalue weighted by atomic mass is 16.5. The van der Waals surface area contributed by atoms with E-state index in [1.807, 2.05) is 54.7 Å². The lowest BCUT2D eigenvalue weighted by atomic mass is 10.2. The molecule has 0 unspecified atom stereocenters. The Balaban J connectivity index is 2.30. The normalized spacial score (nSPS) is 11.1. The molecule has 2 aromatic heterocycles. The summed E-state index contributed by atoms with van der Waals surface area (Å²) in [5.41, 5.74) is 2.05. The van der Waals surface area contributed by atoms with E-state index in [-0.39, 0.29) is 18.3 Å². The Morgan fingerprint density at radius 2 is 1.96 bits per heavy atom. The SMILES string of the molecule is CCCN(CCC(=O)OCC)C(=O)c1nc2ccccn2c1CN(C)C. The number of esters is 1. The van der Waals surface area contributed by atoms with Crippen molar-refractivity contribution in [3.8, 4) is 0 Å². The lowest BCUT2D eigenvalue weighted by Crippen LogP contribution is -2.35. The molecule has 0 spiro atoms. The molecule has 0 bridgehead atoms. The fraction of sp³-hybridized carbons (Fsp3) is 0.526. The van der Waals surface area contributed by atoms with Gasteiger partial charge in [-0.15, -0.1) is 0 Å². The predicted octanol–water partition coefficient (Wildman–Crippen LogP) is 2.20. The fourth-order valence-corrected chi connectivity index (χ4v) is 2.86. The van der Waals surface area contributed by atoms with E-state index in [0.717, 1.165) is 17.8 Å². The molecule has 0 saturated carbocycles. The molecule has 0 N–H and O–H groups in total. The summed E-state index contributed by atoms with van der Waals surface area (Å²) in [7, 11) is 3.92. The monoisotopic (exact) mass is 360 g/mol. The number of rotatable bonds is 9. The number of aromatic nitrogens is 2. The van der Waals surface area contributed by atoms with Gasteiger partial charge in [-0.3, -0.25) is 9.59 Å². The number of amides is 1. The van der Waals surface area contributed by atoms with Crippen LogP contribution < -0.4 is 0 Å². The molecule has 0 saturated heterocycles. The van der Waals surface area contributed by atoms with Crippen LogP contribution in [0.3, 0.4) is 0 Å². The minimum absolute atomic E-state index is 0.142. The van der Waals surface area contributed by atoms with Crippen LogP contribution in [0.2, 0.25) is 0 Å². The summed E-state index contributed by atoms with van der Waals surface area (Å²) in [6.45, 7) is 5.64. The molecule has 7 nitrogen and oxygen atoms in total. The van der Waals surface area contributed by atoms with Crippen molar-refractivity contribution in [3.63, 3.8) is 0 Å². The molecule has 0 aliphatic carbocycles. The zero-order chi connectivity index (χ0) is 19.1. The fourth-order valence-electron chi connectivity index (χ4n) is 2.86. The zero-order valence-electron chi connectivity index (χ0n) is 16.1. The molecular weight excluding hydrogens is 332 g/mol. The molecular formula is C19H28N4O3. The molecule has 0 aliphatic heterocycles. The van der Waals surface area contributed by atoms with Crippen molar-refractivity contribution in [2.24, 2.45) is 0 Å². The van der Waals surface area contributed by atoms with E-state index in [1.165, 1.54) is 0 Å². The van der Waals surface area contributed by atoms with Crippen molar-refractivity contribution in [2.45, 2.75) is 33.2 Å². The van der Waals surface area contributed by atoms with E-state index in [2.05, 4.69) is 4.98 Å². The lowest BCUT2D eigenvalue weighted by Gasteiger charge is -2.22. The average molecular weight is 360 g/mol. The molecule has 0 aliphatic rings. The van der Waals surface area contributed by atoms with Crippen LogP contribution in [-0.4, -0.2) is 64.9 Å². The van der Waals surface area contributed by atoms with E-state index in [1.54, 1.807) is 11.8 Å². The van der Waals surface area contributed by atoms with Gasteiger partial charge in [-0.2, -0.15) is 0 Å². The van der Waals surface area contributed by atoms with Gasteiger partial charge in [-0.1, -0.05) is 13.0 Å². The summed E-state index contributed by atoms with van der Waals surface area (Å²) >= 11 is 0. The summed E-state index contributed by atoms with van der Waals surface area (Å²) in [4.78, 5) is 33.1. The molecule has 0 fully saturated rings. The van der Waals surface area contributed by atoms with Gasteiger partial charge < -0.3 is 18.9 Å². The van der Waals surface area contributed by atoms with Gasteiger partial charge >= 0.3 is 5.97 Å². The molecule has 0 aromatic carbocycles. The Morgan fingerprint density at radius 3 is 2.62 bits per heavy atom. The van der Waals surface area contributed by atoms with E-state index < -0.39 is 0 Å². The van der Waals surface area contributed by atoms with Crippen LogP contribution >= 0.6 is 0 Å². The maximum atomic E-state index is 13.2. The number of hydrogen-bond donors (Lipinski definition) is 0. The van der Waals surface area contributed by atoms with Crippen LogP contribution in [0.15, 0.2) is 24.4 Å². The summed E-state index contributed by atoms with van der Waals surface area (Å²) in [5, 5.41) is 0. The van der Waals surface area contributed by atoms with Crippen molar-refractivity contribution in [1.29, 1.82) is 0 Å². The summed E-state index contributed by atoms with van der Waals surface area (Å²) < 4.78 is 6.92. The number of carbonyl (C=O) groups is 2. The third-order valence-corrected chi connectivity index (χ3v) is 3.97. The van der Waals surface area contributed by atoms with Crippen molar-refractivity contribution in [1.82, 2.24) is 19.2 Å². The van der Waals surface area contributed by atoms with Crippen LogP contribution in [0.25, 0.3) is 5.65 Å². The van der Waals surface area contributed by atoms with Gasteiger partial charge in [0.2, 0.25) is 0 Å². The third-order valence-electron chi connectivity index (χ3n) is 3.97. The van der Waals surface area contributed by atoms with Gasteiger partial charge in [0.15, 0.2) is 5.69 Å². The Labute approximate surface area is 154 Å². The Hall–Kier alpha value is -2.41. The van der Waals surface area contributed by atoms with E-state index in [4.69, 9.17) is 4.74 Å². The van der Waals surface area contributed by atoms with Gasteiger partial charge in [0, 0.05) is 25.8 Å². The zero-order valence-corrected chi connectivity index (χ0v) is 16.1. The topological polar surface area (TPSA) is 67.1 Å². The van der Waals surface area contributed by atoms with Crippen LogP contribution in [-0.2, 0) is 16.1 Å². The minimum atomic E-state index is -0.287. The second kappa shape index (κ2) is 9.33. The van der Waals surface area contributed by atoms with Crippen molar-refractivity contribution >= 4 is 17.5 Å². The molecule has 2 rings (SSSR count). The molecule has 7 heteroatoms. The van der Waals surface area contributed by atoms with Crippen LogP contribution in [0.4, 0.5) is 0 Å². The largest absolute Gasteiger partial charge is 0.466 e. The van der Waals surface area contributed by atoms with Gasteiger partial charge in [-0.25, -0.2) is 4.98 Å². The smallest absolute Gasteiger partial charge is 0.307 e. The van der Waals surface area contributed by atoms with Crippen molar-refractivity contribution in [2.75, 3.05) is 33.8 Å². The summed E-state index contributed by atoms with van der Waals surface area (Å²) in [5.74, 6) is -0.429.